The first-order chi connectivity index (χ1) is 12.2. The zero-order valence-corrected chi connectivity index (χ0v) is 14.6. The Bertz CT molecular complexity index is 1150. The first kappa shape index (κ1) is 15.9. The van der Waals surface area contributed by atoms with Gasteiger partial charge in [0, 0.05) is 6.54 Å². The van der Waals surface area contributed by atoms with Gasteiger partial charge in [-0.1, -0.05) is 29.5 Å². The number of hydrogen-bond acceptors (Lipinski definition) is 4. The zero-order valence-electron chi connectivity index (χ0n) is 13.0. The van der Waals surface area contributed by atoms with Crippen LogP contribution in [0.2, 0.25) is 0 Å². The van der Waals surface area contributed by atoms with E-state index in [-0.39, 0.29) is 5.82 Å². The van der Waals surface area contributed by atoms with Crippen LogP contribution in [0.4, 0.5) is 4.39 Å². The Balaban J connectivity index is 1.85. The van der Waals surface area contributed by atoms with E-state index in [1.807, 2.05) is 28.8 Å². The molecule has 2 aromatic carbocycles. The second kappa shape index (κ2) is 6.34. The number of halogens is 1. The van der Waals surface area contributed by atoms with E-state index in [0.717, 1.165) is 20.4 Å². The molecule has 0 unspecified atom stereocenters. The van der Waals surface area contributed by atoms with Gasteiger partial charge in [-0.2, -0.15) is 4.99 Å². The molecule has 0 saturated carbocycles. The van der Waals surface area contributed by atoms with Crippen LogP contribution in [0.3, 0.4) is 0 Å². The maximum atomic E-state index is 13.5. The van der Waals surface area contributed by atoms with Gasteiger partial charge in [0.15, 0.2) is 9.81 Å². The van der Waals surface area contributed by atoms with Gasteiger partial charge in [-0.05, 0) is 30.3 Å². The lowest BCUT2D eigenvalue weighted by atomic mass is 10.3. The van der Waals surface area contributed by atoms with Gasteiger partial charge in [-0.15, -0.1) is 17.9 Å². The second-order valence-electron chi connectivity index (χ2n) is 5.30. The largest absolute Gasteiger partial charge is 0.312 e. The minimum absolute atomic E-state index is 0.316. The van der Waals surface area contributed by atoms with Crippen molar-refractivity contribution >= 4 is 49.0 Å². The van der Waals surface area contributed by atoms with Crippen molar-refractivity contribution in [2.45, 2.75) is 6.54 Å². The highest BCUT2D eigenvalue weighted by atomic mass is 32.1. The van der Waals surface area contributed by atoms with E-state index in [2.05, 4.69) is 16.6 Å². The summed E-state index contributed by atoms with van der Waals surface area (Å²) in [6, 6.07) is 12.1. The predicted molar refractivity (Wildman–Crippen MR) is 99.5 cm³/mol. The third-order valence-electron chi connectivity index (χ3n) is 3.63. The molecule has 0 aliphatic carbocycles. The molecule has 0 atom stereocenters. The number of fused-ring (bicyclic) bond motifs is 2. The van der Waals surface area contributed by atoms with Crippen LogP contribution in [0.25, 0.3) is 20.4 Å². The molecule has 7 heteroatoms. The van der Waals surface area contributed by atoms with Crippen molar-refractivity contribution < 1.29 is 9.18 Å². The highest BCUT2D eigenvalue weighted by molar-refractivity contribution is 7.20. The van der Waals surface area contributed by atoms with Crippen LogP contribution in [0.5, 0.6) is 0 Å². The number of thiazole rings is 2. The van der Waals surface area contributed by atoms with Crippen LogP contribution < -0.4 is 4.80 Å². The van der Waals surface area contributed by atoms with Crippen molar-refractivity contribution in [3.8, 4) is 0 Å². The number of hydrogen-bond donors (Lipinski definition) is 0. The van der Waals surface area contributed by atoms with Crippen molar-refractivity contribution in [2.75, 3.05) is 0 Å². The molecule has 1 amide bonds. The Labute approximate surface area is 150 Å². The fourth-order valence-corrected chi connectivity index (χ4v) is 4.45. The number of aromatic nitrogens is 2. The molecule has 0 fully saturated rings. The summed E-state index contributed by atoms with van der Waals surface area (Å²) in [5.41, 5.74) is 1.60. The van der Waals surface area contributed by atoms with Crippen LogP contribution in [-0.2, 0) is 6.54 Å². The standard InChI is InChI=1S/C18H12FN3OS2/c1-2-9-22-13-8-7-11(19)10-15(13)25-18(22)21-16(23)17-20-12-5-3-4-6-14(12)24-17/h2-8,10H,1,9H2. The molecule has 0 N–H and O–H groups in total. The van der Waals surface area contributed by atoms with E-state index in [0.29, 0.717) is 16.4 Å². The molecule has 0 saturated heterocycles. The Hall–Kier alpha value is -2.64. The van der Waals surface area contributed by atoms with Gasteiger partial charge < -0.3 is 4.57 Å². The van der Waals surface area contributed by atoms with Crippen LogP contribution in [0.1, 0.15) is 9.80 Å². The van der Waals surface area contributed by atoms with Gasteiger partial charge in [0.1, 0.15) is 5.82 Å². The van der Waals surface area contributed by atoms with E-state index in [4.69, 9.17) is 0 Å². The summed E-state index contributed by atoms with van der Waals surface area (Å²) >= 11 is 2.59. The fraction of sp³-hybridized carbons (Fsp3) is 0.0556. The lowest BCUT2D eigenvalue weighted by Gasteiger charge is -2.00. The molecule has 4 aromatic rings. The van der Waals surface area contributed by atoms with Gasteiger partial charge in [0.25, 0.3) is 0 Å². The van der Waals surface area contributed by atoms with Crippen LogP contribution >= 0.6 is 22.7 Å². The number of nitrogens with zero attached hydrogens (tertiary/aromatic N) is 3. The summed E-state index contributed by atoms with van der Waals surface area (Å²) in [5, 5.41) is 0.343. The minimum atomic E-state index is -0.397. The highest BCUT2D eigenvalue weighted by Crippen LogP contribution is 2.22. The molecule has 0 spiro atoms. The Morgan fingerprint density at radius 3 is 2.88 bits per heavy atom. The summed E-state index contributed by atoms with van der Waals surface area (Å²) in [6.07, 6.45) is 1.72. The van der Waals surface area contributed by atoms with Gasteiger partial charge in [0.2, 0.25) is 0 Å². The van der Waals surface area contributed by atoms with Gasteiger partial charge in [0.05, 0.1) is 20.4 Å². The normalized spacial score (nSPS) is 12.1. The number of benzene rings is 2. The summed E-state index contributed by atoms with van der Waals surface area (Å²) < 4.78 is 17.0. The average Bonchev–Trinajstić information content (AvgIpc) is 3.17. The molecular weight excluding hydrogens is 357 g/mol. The number of allylic oxidation sites excluding steroid dienone is 1. The average molecular weight is 369 g/mol. The molecule has 0 aliphatic heterocycles. The first-order valence-corrected chi connectivity index (χ1v) is 9.13. The highest BCUT2D eigenvalue weighted by Gasteiger charge is 2.13. The molecule has 25 heavy (non-hydrogen) atoms. The van der Waals surface area contributed by atoms with Crippen LogP contribution in [0.15, 0.2) is 60.1 Å². The molecule has 2 heterocycles. The van der Waals surface area contributed by atoms with Crippen LogP contribution in [-0.4, -0.2) is 15.5 Å². The monoisotopic (exact) mass is 369 g/mol. The minimum Gasteiger partial charge on any atom is -0.312 e. The van der Waals surface area contributed by atoms with E-state index >= 15 is 0 Å². The number of rotatable bonds is 3. The molecular formula is C18H12FN3OS2. The molecule has 0 radical (unpaired) electrons. The fourth-order valence-electron chi connectivity index (χ4n) is 2.54. The first-order valence-electron chi connectivity index (χ1n) is 7.50. The van der Waals surface area contributed by atoms with Gasteiger partial charge in [-0.3, -0.25) is 4.79 Å². The van der Waals surface area contributed by atoms with Crippen molar-refractivity contribution in [3.05, 3.63) is 70.7 Å². The number of carbonyl (C=O) groups is 1. The van der Waals surface area contributed by atoms with Gasteiger partial charge in [-0.25, -0.2) is 9.37 Å². The zero-order chi connectivity index (χ0) is 17.4. The van der Waals surface area contributed by atoms with Gasteiger partial charge >= 0.3 is 5.91 Å². The summed E-state index contributed by atoms with van der Waals surface area (Å²) in [7, 11) is 0. The smallest absolute Gasteiger partial charge is 0.308 e. The third kappa shape index (κ3) is 2.92. The lowest BCUT2D eigenvalue weighted by Crippen LogP contribution is -2.16. The van der Waals surface area contributed by atoms with E-state index in [1.165, 1.54) is 34.8 Å². The quantitative estimate of drug-likeness (QED) is 0.503. The van der Waals surface area contributed by atoms with E-state index in [1.54, 1.807) is 12.1 Å². The topological polar surface area (TPSA) is 47.2 Å². The molecule has 0 bridgehead atoms. The Morgan fingerprint density at radius 2 is 2.08 bits per heavy atom. The van der Waals surface area contributed by atoms with Crippen molar-refractivity contribution in [1.82, 2.24) is 9.55 Å². The van der Waals surface area contributed by atoms with Crippen molar-refractivity contribution in [1.29, 1.82) is 0 Å². The van der Waals surface area contributed by atoms with Crippen LogP contribution in [0, 0.1) is 5.82 Å². The third-order valence-corrected chi connectivity index (χ3v) is 5.70. The molecule has 4 rings (SSSR count). The van der Waals surface area contributed by atoms with E-state index in [9.17, 15) is 9.18 Å². The second-order valence-corrected chi connectivity index (χ2v) is 7.34. The number of carbonyl (C=O) groups excluding carboxylic acids is 1. The SMILES string of the molecule is C=CCn1c(=NC(=O)c2nc3ccccc3s2)sc2cc(F)ccc21. The molecule has 0 aliphatic rings. The summed E-state index contributed by atoms with van der Waals surface area (Å²) in [5.74, 6) is -0.713. The predicted octanol–water partition coefficient (Wildman–Crippen LogP) is 4.38. The number of para-hydroxylation sites is 1. The maximum Gasteiger partial charge on any atom is 0.308 e. The molecule has 4 nitrogen and oxygen atoms in total. The maximum absolute atomic E-state index is 13.5. The summed E-state index contributed by atoms with van der Waals surface area (Å²) in [6.45, 7) is 4.22. The van der Waals surface area contributed by atoms with Crippen molar-refractivity contribution in [3.63, 3.8) is 0 Å². The number of amides is 1. The lowest BCUT2D eigenvalue weighted by molar-refractivity contribution is 0.0997. The Morgan fingerprint density at radius 1 is 1.24 bits per heavy atom. The van der Waals surface area contributed by atoms with Crippen molar-refractivity contribution in [2.24, 2.45) is 4.99 Å². The molecule has 2 aromatic heterocycles. The summed E-state index contributed by atoms with van der Waals surface area (Å²) in [4.78, 5) is 21.6. The molecule has 124 valence electrons. The Kier molecular flexibility index (Phi) is 4.03. The van der Waals surface area contributed by atoms with E-state index < -0.39 is 5.91 Å².